The molecule has 1 unspecified atom stereocenters. The van der Waals surface area contributed by atoms with Crippen LogP contribution in [0.4, 0.5) is 0 Å². The number of benzene rings is 1. The molecule has 1 aromatic carbocycles. The van der Waals surface area contributed by atoms with E-state index in [1.807, 2.05) is 19.1 Å². The quantitative estimate of drug-likeness (QED) is 0.799. The van der Waals surface area contributed by atoms with Crippen molar-refractivity contribution in [3.63, 3.8) is 0 Å². The van der Waals surface area contributed by atoms with Gasteiger partial charge in [-0.15, -0.1) is 0 Å². The molecule has 1 saturated heterocycles. The van der Waals surface area contributed by atoms with E-state index in [1.54, 1.807) is 12.1 Å². The second kappa shape index (κ2) is 7.90. The number of piperidine rings is 1. The lowest BCUT2D eigenvalue weighted by Gasteiger charge is -2.31. The van der Waals surface area contributed by atoms with Crippen LogP contribution in [0.2, 0.25) is 0 Å². The van der Waals surface area contributed by atoms with Gasteiger partial charge in [0.1, 0.15) is 0 Å². The fraction of sp³-hybridized carbons (Fsp3) is 0.562. The number of aryl methyl sites for hydroxylation is 1. The van der Waals surface area contributed by atoms with Crippen LogP contribution in [-0.2, 0) is 21.2 Å². The van der Waals surface area contributed by atoms with Crippen molar-refractivity contribution in [2.45, 2.75) is 31.1 Å². The van der Waals surface area contributed by atoms with Crippen LogP contribution >= 0.6 is 0 Å². The average molecular weight is 339 g/mol. The standard InChI is InChI=1S/C16H25N3O3S/c1-2-13-6-3-4-8-15(13)23(21,22)19-11-5-7-14(12-19)16(20)18-10-9-17/h3-4,6,8,14H,2,5,7,9-12,17H2,1H3,(H,18,20). The van der Waals surface area contributed by atoms with Crippen molar-refractivity contribution in [1.29, 1.82) is 0 Å². The maximum atomic E-state index is 12.9. The SMILES string of the molecule is CCc1ccccc1S(=O)(=O)N1CCCC(C(=O)NCCN)C1. The number of hydrogen-bond acceptors (Lipinski definition) is 4. The van der Waals surface area contributed by atoms with E-state index in [-0.39, 0.29) is 18.4 Å². The number of hydrogen-bond donors (Lipinski definition) is 2. The number of nitrogens with one attached hydrogen (secondary N) is 1. The van der Waals surface area contributed by atoms with Gasteiger partial charge in [0.25, 0.3) is 0 Å². The Morgan fingerprint density at radius 1 is 1.39 bits per heavy atom. The predicted molar refractivity (Wildman–Crippen MR) is 89.4 cm³/mol. The Kier molecular flexibility index (Phi) is 6.15. The van der Waals surface area contributed by atoms with E-state index in [1.165, 1.54) is 4.31 Å². The molecule has 1 fully saturated rings. The molecule has 0 bridgehead atoms. The van der Waals surface area contributed by atoms with Gasteiger partial charge in [0.05, 0.1) is 10.8 Å². The molecule has 1 atom stereocenters. The summed E-state index contributed by atoms with van der Waals surface area (Å²) in [5, 5.41) is 2.75. The summed E-state index contributed by atoms with van der Waals surface area (Å²) < 4.78 is 27.3. The van der Waals surface area contributed by atoms with E-state index in [2.05, 4.69) is 5.32 Å². The minimum atomic E-state index is -3.56. The van der Waals surface area contributed by atoms with Gasteiger partial charge in [-0.2, -0.15) is 4.31 Å². The number of nitrogens with zero attached hydrogens (tertiary/aromatic N) is 1. The first kappa shape index (κ1) is 17.9. The van der Waals surface area contributed by atoms with Crippen LogP contribution in [0.3, 0.4) is 0 Å². The molecule has 2 rings (SSSR count). The van der Waals surface area contributed by atoms with E-state index in [0.717, 1.165) is 5.56 Å². The summed E-state index contributed by atoms with van der Waals surface area (Å²) in [6.07, 6.45) is 2.05. The van der Waals surface area contributed by atoms with Crippen molar-refractivity contribution in [2.75, 3.05) is 26.2 Å². The van der Waals surface area contributed by atoms with Crippen molar-refractivity contribution in [2.24, 2.45) is 11.7 Å². The lowest BCUT2D eigenvalue weighted by molar-refractivity contribution is -0.126. The second-order valence-electron chi connectivity index (χ2n) is 5.74. The maximum Gasteiger partial charge on any atom is 0.243 e. The van der Waals surface area contributed by atoms with Gasteiger partial charge in [-0.25, -0.2) is 8.42 Å². The van der Waals surface area contributed by atoms with E-state index >= 15 is 0 Å². The minimum Gasteiger partial charge on any atom is -0.355 e. The molecule has 1 aliphatic rings. The topological polar surface area (TPSA) is 92.5 Å². The summed E-state index contributed by atoms with van der Waals surface area (Å²) in [6.45, 7) is 3.43. The fourth-order valence-electron chi connectivity index (χ4n) is 2.90. The Morgan fingerprint density at radius 2 is 2.13 bits per heavy atom. The van der Waals surface area contributed by atoms with Crippen molar-refractivity contribution in [1.82, 2.24) is 9.62 Å². The van der Waals surface area contributed by atoms with E-state index < -0.39 is 10.0 Å². The molecule has 1 aliphatic heterocycles. The summed E-state index contributed by atoms with van der Waals surface area (Å²) in [7, 11) is -3.56. The number of nitrogens with two attached hydrogens (primary N) is 1. The molecule has 23 heavy (non-hydrogen) atoms. The van der Waals surface area contributed by atoms with Crippen LogP contribution in [0.25, 0.3) is 0 Å². The molecular formula is C16H25N3O3S. The van der Waals surface area contributed by atoms with E-state index in [9.17, 15) is 13.2 Å². The molecule has 0 spiro atoms. The molecule has 128 valence electrons. The molecule has 7 heteroatoms. The number of carbonyl (C=O) groups excluding carboxylic acids is 1. The molecule has 0 aromatic heterocycles. The highest BCUT2D eigenvalue weighted by Gasteiger charge is 2.33. The largest absolute Gasteiger partial charge is 0.355 e. The van der Waals surface area contributed by atoms with Gasteiger partial charge in [0.2, 0.25) is 15.9 Å². The summed E-state index contributed by atoms with van der Waals surface area (Å²) in [4.78, 5) is 12.5. The van der Waals surface area contributed by atoms with E-state index in [4.69, 9.17) is 5.73 Å². The summed E-state index contributed by atoms with van der Waals surface area (Å²) in [5.41, 5.74) is 6.20. The zero-order valence-electron chi connectivity index (χ0n) is 13.5. The average Bonchev–Trinajstić information content (AvgIpc) is 2.59. The van der Waals surface area contributed by atoms with Gasteiger partial charge in [0.15, 0.2) is 0 Å². The van der Waals surface area contributed by atoms with Crippen LogP contribution < -0.4 is 11.1 Å². The van der Waals surface area contributed by atoms with Crippen LogP contribution in [0.15, 0.2) is 29.2 Å². The number of amides is 1. The van der Waals surface area contributed by atoms with Crippen molar-refractivity contribution in [3.05, 3.63) is 29.8 Å². The smallest absolute Gasteiger partial charge is 0.243 e. The lowest BCUT2D eigenvalue weighted by Crippen LogP contribution is -2.46. The summed E-state index contributed by atoms with van der Waals surface area (Å²) >= 11 is 0. The molecule has 0 saturated carbocycles. The zero-order chi connectivity index (χ0) is 16.9. The molecule has 0 aliphatic carbocycles. The lowest BCUT2D eigenvalue weighted by atomic mass is 9.99. The van der Waals surface area contributed by atoms with Crippen molar-refractivity contribution in [3.8, 4) is 0 Å². The number of rotatable bonds is 6. The van der Waals surface area contributed by atoms with E-state index in [0.29, 0.717) is 43.8 Å². The number of carbonyl (C=O) groups is 1. The predicted octanol–water partition coefficient (Wildman–Crippen LogP) is 0.725. The molecular weight excluding hydrogens is 314 g/mol. The fourth-order valence-corrected chi connectivity index (χ4v) is 4.72. The molecule has 1 heterocycles. The normalized spacial score (nSPS) is 19.5. The van der Waals surface area contributed by atoms with Gasteiger partial charge in [-0.1, -0.05) is 25.1 Å². The van der Waals surface area contributed by atoms with Gasteiger partial charge in [-0.05, 0) is 30.9 Å². The van der Waals surface area contributed by atoms with Gasteiger partial charge in [0, 0.05) is 26.2 Å². The zero-order valence-corrected chi connectivity index (χ0v) is 14.3. The highest BCUT2D eigenvalue weighted by atomic mass is 32.2. The third-order valence-electron chi connectivity index (χ3n) is 4.17. The molecule has 1 amide bonds. The molecule has 3 N–H and O–H groups in total. The highest BCUT2D eigenvalue weighted by molar-refractivity contribution is 7.89. The summed E-state index contributed by atoms with van der Waals surface area (Å²) in [6, 6.07) is 7.06. The van der Waals surface area contributed by atoms with Crippen molar-refractivity contribution < 1.29 is 13.2 Å². The first-order valence-electron chi connectivity index (χ1n) is 8.06. The molecule has 6 nitrogen and oxygen atoms in total. The Morgan fingerprint density at radius 3 is 2.83 bits per heavy atom. The Bertz CT molecular complexity index is 646. The highest BCUT2D eigenvalue weighted by Crippen LogP contribution is 2.26. The van der Waals surface area contributed by atoms with Crippen molar-refractivity contribution >= 4 is 15.9 Å². The first-order valence-corrected chi connectivity index (χ1v) is 9.50. The first-order chi connectivity index (χ1) is 11.0. The minimum absolute atomic E-state index is 0.112. The Hall–Kier alpha value is -1.44. The third-order valence-corrected chi connectivity index (χ3v) is 6.14. The van der Waals surface area contributed by atoms with Gasteiger partial charge < -0.3 is 11.1 Å². The molecule has 1 aromatic rings. The maximum absolute atomic E-state index is 12.9. The Balaban J connectivity index is 2.18. The second-order valence-corrected chi connectivity index (χ2v) is 7.65. The Labute approximate surface area is 138 Å². The molecule has 0 radical (unpaired) electrons. The van der Waals surface area contributed by atoms with Gasteiger partial charge >= 0.3 is 0 Å². The van der Waals surface area contributed by atoms with Gasteiger partial charge in [-0.3, -0.25) is 4.79 Å². The van der Waals surface area contributed by atoms with Crippen LogP contribution in [0, 0.1) is 5.92 Å². The monoisotopic (exact) mass is 339 g/mol. The third kappa shape index (κ3) is 4.10. The summed E-state index contributed by atoms with van der Waals surface area (Å²) in [5.74, 6) is -0.419. The van der Waals surface area contributed by atoms with Crippen LogP contribution in [-0.4, -0.2) is 44.8 Å². The van der Waals surface area contributed by atoms with Crippen LogP contribution in [0.1, 0.15) is 25.3 Å². The number of sulfonamides is 1. The van der Waals surface area contributed by atoms with Crippen LogP contribution in [0.5, 0.6) is 0 Å².